The van der Waals surface area contributed by atoms with E-state index in [1.54, 1.807) is 0 Å². The van der Waals surface area contributed by atoms with Crippen LogP contribution in [0, 0.1) is 17.8 Å². The number of esters is 1. The van der Waals surface area contributed by atoms with Crippen LogP contribution in [0.2, 0.25) is 0 Å². The van der Waals surface area contributed by atoms with E-state index < -0.39 is 0 Å². The van der Waals surface area contributed by atoms with Crippen LogP contribution in [0.15, 0.2) is 0 Å². The minimum atomic E-state index is -0.00315. The van der Waals surface area contributed by atoms with Crippen molar-refractivity contribution in [1.82, 2.24) is 5.32 Å². The molecule has 2 rings (SSSR count). The fraction of sp³-hybridized carbons (Fsp3) is 0.900. The fourth-order valence-electron chi connectivity index (χ4n) is 2.75. The quantitative estimate of drug-likeness (QED) is 0.611. The van der Waals surface area contributed by atoms with Crippen LogP contribution >= 0.6 is 0 Å². The Morgan fingerprint density at radius 3 is 2.38 bits per heavy atom. The summed E-state index contributed by atoms with van der Waals surface area (Å²) in [6.45, 7) is 2.17. The molecule has 2 bridgehead atoms. The minimum Gasteiger partial charge on any atom is -0.469 e. The van der Waals surface area contributed by atoms with Gasteiger partial charge in [0.1, 0.15) is 0 Å². The van der Waals surface area contributed by atoms with Crippen molar-refractivity contribution in [2.45, 2.75) is 19.3 Å². The molecular weight excluding hydrogens is 166 g/mol. The zero-order chi connectivity index (χ0) is 9.26. The van der Waals surface area contributed by atoms with E-state index in [2.05, 4.69) is 5.32 Å². The maximum Gasteiger partial charge on any atom is 0.308 e. The van der Waals surface area contributed by atoms with Gasteiger partial charge in [0.15, 0.2) is 0 Å². The molecule has 0 aromatic carbocycles. The first-order chi connectivity index (χ1) is 6.29. The van der Waals surface area contributed by atoms with Gasteiger partial charge in [-0.25, -0.2) is 0 Å². The van der Waals surface area contributed by atoms with E-state index in [0.29, 0.717) is 11.8 Å². The van der Waals surface area contributed by atoms with Crippen molar-refractivity contribution in [3.63, 3.8) is 0 Å². The number of methoxy groups -OCH3 is 1. The van der Waals surface area contributed by atoms with Crippen LogP contribution in [0.4, 0.5) is 0 Å². The number of nitrogens with one attached hydrogen (secondary N) is 1. The highest BCUT2D eigenvalue weighted by Gasteiger charge is 2.35. The summed E-state index contributed by atoms with van der Waals surface area (Å²) in [5.74, 6) is 1.58. The van der Waals surface area contributed by atoms with E-state index in [-0.39, 0.29) is 11.9 Å². The average Bonchev–Trinajstić information content (AvgIpc) is 2.16. The van der Waals surface area contributed by atoms with Gasteiger partial charge >= 0.3 is 5.97 Å². The van der Waals surface area contributed by atoms with Gasteiger partial charge < -0.3 is 10.1 Å². The van der Waals surface area contributed by atoms with Gasteiger partial charge in [-0.15, -0.1) is 0 Å². The van der Waals surface area contributed by atoms with Crippen LogP contribution in [0.25, 0.3) is 0 Å². The Morgan fingerprint density at radius 1 is 1.23 bits per heavy atom. The number of fused-ring (bicyclic) bond motifs is 2. The summed E-state index contributed by atoms with van der Waals surface area (Å²) >= 11 is 0. The van der Waals surface area contributed by atoms with Gasteiger partial charge in [0.25, 0.3) is 0 Å². The van der Waals surface area contributed by atoms with Crippen LogP contribution in [-0.2, 0) is 9.53 Å². The normalized spacial score (nSPS) is 38.4. The second-order valence-electron chi connectivity index (χ2n) is 4.32. The molecule has 2 aliphatic rings. The molecule has 3 heteroatoms. The lowest BCUT2D eigenvalue weighted by atomic mass is 9.73. The van der Waals surface area contributed by atoms with E-state index in [1.807, 2.05) is 0 Å². The van der Waals surface area contributed by atoms with Gasteiger partial charge in [-0.3, -0.25) is 4.79 Å². The molecule has 2 fully saturated rings. The first-order valence-electron chi connectivity index (χ1n) is 5.08. The van der Waals surface area contributed by atoms with Crippen molar-refractivity contribution in [2.75, 3.05) is 20.2 Å². The number of hydrogen-bond acceptors (Lipinski definition) is 3. The molecule has 13 heavy (non-hydrogen) atoms. The second kappa shape index (κ2) is 3.66. The van der Waals surface area contributed by atoms with E-state index in [9.17, 15) is 4.79 Å². The Bertz CT molecular complexity index is 193. The molecule has 1 aliphatic carbocycles. The lowest BCUT2D eigenvalue weighted by Crippen LogP contribution is -2.43. The Labute approximate surface area is 78.8 Å². The molecular formula is C10H17NO2. The van der Waals surface area contributed by atoms with Crippen molar-refractivity contribution < 1.29 is 9.53 Å². The Kier molecular flexibility index (Phi) is 2.54. The van der Waals surface area contributed by atoms with Crippen LogP contribution in [-0.4, -0.2) is 26.2 Å². The Hall–Kier alpha value is -0.570. The topological polar surface area (TPSA) is 38.3 Å². The molecule has 1 saturated heterocycles. The maximum absolute atomic E-state index is 11.4. The highest BCUT2D eigenvalue weighted by atomic mass is 16.5. The monoisotopic (exact) mass is 183 g/mol. The van der Waals surface area contributed by atoms with Gasteiger partial charge in [0.2, 0.25) is 0 Å². The molecule has 0 spiro atoms. The van der Waals surface area contributed by atoms with Gasteiger partial charge in [-0.05, 0) is 44.2 Å². The van der Waals surface area contributed by atoms with Gasteiger partial charge in [-0.2, -0.15) is 0 Å². The molecule has 1 N–H and O–H groups in total. The average molecular weight is 183 g/mol. The lowest BCUT2D eigenvalue weighted by molar-refractivity contribution is -0.148. The molecule has 1 unspecified atom stereocenters. The number of carbonyl (C=O) groups excluding carboxylic acids is 1. The minimum absolute atomic E-state index is 0.00315. The van der Waals surface area contributed by atoms with E-state index in [1.165, 1.54) is 13.5 Å². The Balaban J connectivity index is 1.97. The largest absolute Gasteiger partial charge is 0.469 e. The zero-order valence-corrected chi connectivity index (χ0v) is 8.08. The zero-order valence-electron chi connectivity index (χ0n) is 8.08. The molecule has 0 amide bonds. The van der Waals surface area contributed by atoms with Crippen LogP contribution in [0.5, 0.6) is 0 Å². The molecule has 0 aromatic rings. The summed E-state index contributed by atoms with van der Waals surface area (Å²) in [6.07, 6.45) is 3.35. The predicted molar refractivity (Wildman–Crippen MR) is 49.2 cm³/mol. The van der Waals surface area contributed by atoms with Crippen LogP contribution < -0.4 is 5.32 Å². The third kappa shape index (κ3) is 1.85. The first-order valence-corrected chi connectivity index (χ1v) is 5.08. The number of carbonyl (C=O) groups is 1. The van der Waals surface area contributed by atoms with Gasteiger partial charge in [0, 0.05) is 0 Å². The standard InChI is InChI=1S/C10H17NO2/c1-13-10(12)9-3-7-2-8(4-9)6-11-5-7/h7-9,11H,2-6H2,1H3/t7-,8+,9?. The van der Waals surface area contributed by atoms with E-state index >= 15 is 0 Å². The predicted octanol–water partition coefficient (Wildman–Crippen LogP) is 0.795. The SMILES string of the molecule is COC(=O)C1C[C@H]2CNC[C@@H](C1)C2. The van der Waals surface area contributed by atoms with E-state index in [0.717, 1.165) is 25.9 Å². The summed E-state index contributed by atoms with van der Waals surface area (Å²) in [7, 11) is 1.49. The number of ether oxygens (including phenoxy) is 1. The van der Waals surface area contributed by atoms with Crippen molar-refractivity contribution in [3.8, 4) is 0 Å². The van der Waals surface area contributed by atoms with E-state index in [4.69, 9.17) is 4.74 Å². The second-order valence-corrected chi connectivity index (χ2v) is 4.32. The third-order valence-electron chi connectivity index (χ3n) is 3.30. The molecule has 3 atom stereocenters. The fourth-order valence-corrected chi connectivity index (χ4v) is 2.75. The van der Waals surface area contributed by atoms with Crippen molar-refractivity contribution >= 4 is 5.97 Å². The summed E-state index contributed by atoms with van der Waals surface area (Å²) in [4.78, 5) is 11.4. The Morgan fingerprint density at radius 2 is 1.85 bits per heavy atom. The number of piperidine rings is 1. The molecule has 0 radical (unpaired) electrons. The smallest absolute Gasteiger partial charge is 0.308 e. The summed E-state index contributed by atoms with van der Waals surface area (Å²) < 4.78 is 4.80. The first kappa shape index (κ1) is 9.00. The van der Waals surface area contributed by atoms with Crippen LogP contribution in [0.1, 0.15) is 19.3 Å². The van der Waals surface area contributed by atoms with Gasteiger partial charge in [0.05, 0.1) is 13.0 Å². The van der Waals surface area contributed by atoms with Gasteiger partial charge in [-0.1, -0.05) is 0 Å². The molecule has 74 valence electrons. The summed E-state index contributed by atoms with van der Waals surface area (Å²) in [6, 6.07) is 0. The number of hydrogen-bond donors (Lipinski definition) is 1. The molecule has 1 aliphatic heterocycles. The number of rotatable bonds is 1. The van der Waals surface area contributed by atoms with Crippen molar-refractivity contribution in [3.05, 3.63) is 0 Å². The highest BCUT2D eigenvalue weighted by Crippen LogP contribution is 2.35. The molecule has 0 aromatic heterocycles. The van der Waals surface area contributed by atoms with Crippen molar-refractivity contribution in [1.29, 1.82) is 0 Å². The summed E-state index contributed by atoms with van der Waals surface area (Å²) in [5, 5.41) is 3.41. The lowest BCUT2D eigenvalue weighted by Gasteiger charge is -2.38. The molecule has 1 saturated carbocycles. The van der Waals surface area contributed by atoms with Crippen LogP contribution in [0.3, 0.4) is 0 Å². The third-order valence-corrected chi connectivity index (χ3v) is 3.30. The maximum atomic E-state index is 11.4. The molecule has 3 nitrogen and oxygen atoms in total. The summed E-state index contributed by atoms with van der Waals surface area (Å²) in [5.41, 5.74) is 0. The molecule has 1 heterocycles. The van der Waals surface area contributed by atoms with Crippen molar-refractivity contribution in [2.24, 2.45) is 17.8 Å². The highest BCUT2D eigenvalue weighted by molar-refractivity contribution is 5.72.